The van der Waals surface area contributed by atoms with E-state index in [0.717, 1.165) is 16.3 Å². The van der Waals surface area contributed by atoms with Crippen molar-refractivity contribution in [3.05, 3.63) is 82.4 Å². The van der Waals surface area contributed by atoms with Crippen molar-refractivity contribution in [2.75, 3.05) is 0 Å². The van der Waals surface area contributed by atoms with Crippen LogP contribution < -0.4 is 4.72 Å². The molecule has 0 bridgehead atoms. The standard InChI is InChI=1S/C18H16N2O4S/c1-13(17-8-4-6-14-5-2-3-7-18(14)17)19-25(23,24)16-11-9-15(10-12-16)20(21)22/h2-13,19H,1H3. The molecule has 3 rings (SSSR count). The molecule has 0 amide bonds. The molecule has 0 aromatic heterocycles. The number of nitro groups is 1. The summed E-state index contributed by atoms with van der Waals surface area (Å²) in [5.41, 5.74) is 0.713. The second-order valence-corrected chi connectivity index (χ2v) is 7.38. The lowest BCUT2D eigenvalue weighted by atomic mass is 10.0. The molecule has 128 valence electrons. The van der Waals surface area contributed by atoms with Crippen LogP contribution in [0.3, 0.4) is 0 Å². The Labute approximate surface area is 145 Å². The van der Waals surface area contributed by atoms with Crippen LogP contribution >= 0.6 is 0 Å². The van der Waals surface area contributed by atoms with Gasteiger partial charge in [-0.25, -0.2) is 13.1 Å². The zero-order valence-corrected chi connectivity index (χ0v) is 14.2. The highest BCUT2D eigenvalue weighted by Crippen LogP contribution is 2.25. The van der Waals surface area contributed by atoms with Gasteiger partial charge < -0.3 is 0 Å². The average molecular weight is 356 g/mol. The van der Waals surface area contributed by atoms with Gasteiger partial charge in [-0.2, -0.15) is 0 Å². The summed E-state index contributed by atoms with van der Waals surface area (Å²) < 4.78 is 27.7. The van der Waals surface area contributed by atoms with E-state index in [1.165, 1.54) is 24.3 Å². The molecule has 7 heteroatoms. The number of hydrogen-bond acceptors (Lipinski definition) is 4. The van der Waals surface area contributed by atoms with E-state index in [0.29, 0.717) is 0 Å². The Bertz CT molecular complexity index is 1030. The molecule has 0 spiro atoms. The minimum absolute atomic E-state index is 0.00909. The predicted octanol–water partition coefficient (Wildman–Crippen LogP) is 3.79. The van der Waals surface area contributed by atoms with Gasteiger partial charge in [-0.05, 0) is 35.4 Å². The molecule has 0 aliphatic heterocycles. The Morgan fingerprint density at radius 1 is 0.960 bits per heavy atom. The van der Waals surface area contributed by atoms with Gasteiger partial charge in [0, 0.05) is 18.2 Å². The number of hydrogen-bond donors (Lipinski definition) is 1. The second kappa shape index (κ2) is 6.62. The van der Waals surface area contributed by atoms with Crippen molar-refractivity contribution in [3.8, 4) is 0 Å². The number of nitro benzene ring substituents is 1. The van der Waals surface area contributed by atoms with Crippen molar-refractivity contribution in [3.63, 3.8) is 0 Å². The number of rotatable bonds is 5. The smallest absolute Gasteiger partial charge is 0.258 e. The van der Waals surface area contributed by atoms with Gasteiger partial charge in [0.2, 0.25) is 10.0 Å². The number of sulfonamides is 1. The summed E-state index contributed by atoms with van der Waals surface area (Å²) in [4.78, 5) is 10.1. The molecule has 25 heavy (non-hydrogen) atoms. The molecule has 0 aliphatic carbocycles. The maximum Gasteiger partial charge on any atom is 0.269 e. The average Bonchev–Trinajstić information content (AvgIpc) is 2.61. The molecular formula is C18H16N2O4S. The summed E-state index contributed by atoms with van der Waals surface area (Å²) in [6.07, 6.45) is 0. The SMILES string of the molecule is CC(NS(=O)(=O)c1ccc([N+](=O)[O-])cc1)c1cccc2ccccc12. The van der Waals surface area contributed by atoms with E-state index in [1.807, 2.05) is 42.5 Å². The van der Waals surface area contributed by atoms with Gasteiger partial charge >= 0.3 is 0 Å². The third-order valence-corrected chi connectivity index (χ3v) is 5.54. The van der Waals surface area contributed by atoms with Crippen LogP contribution in [0.15, 0.2) is 71.6 Å². The van der Waals surface area contributed by atoms with Gasteiger partial charge in [0.25, 0.3) is 5.69 Å². The van der Waals surface area contributed by atoms with E-state index in [1.54, 1.807) is 6.92 Å². The molecule has 1 N–H and O–H groups in total. The van der Waals surface area contributed by atoms with Crippen molar-refractivity contribution in [2.45, 2.75) is 17.9 Å². The third kappa shape index (κ3) is 3.52. The summed E-state index contributed by atoms with van der Waals surface area (Å²) in [6, 6.07) is 17.8. The molecule has 3 aromatic rings. The van der Waals surface area contributed by atoms with Crippen LogP contribution in [-0.4, -0.2) is 13.3 Å². The van der Waals surface area contributed by atoms with Crippen LogP contribution in [0.25, 0.3) is 10.8 Å². The summed E-state index contributed by atoms with van der Waals surface area (Å²) in [7, 11) is -3.79. The quantitative estimate of drug-likeness (QED) is 0.556. The topological polar surface area (TPSA) is 89.3 Å². The molecular weight excluding hydrogens is 340 g/mol. The zero-order chi connectivity index (χ0) is 18.0. The van der Waals surface area contributed by atoms with Crippen LogP contribution in [-0.2, 0) is 10.0 Å². The monoisotopic (exact) mass is 356 g/mol. The molecule has 1 unspecified atom stereocenters. The van der Waals surface area contributed by atoms with Gasteiger partial charge in [0.05, 0.1) is 9.82 Å². The highest BCUT2D eigenvalue weighted by Gasteiger charge is 2.20. The highest BCUT2D eigenvalue weighted by atomic mass is 32.2. The first-order valence-corrected chi connectivity index (χ1v) is 9.11. The Kier molecular flexibility index (Phi) is 4.52. The van der Waals surface area contributed by atoms with E-state index in [2.05, 4.69) is 4.72 Å². The fraction of sp³-hybridized carbons (Fsp3) is 0.111. The van der Waals surface area contributed by atoms with Gasteiger partial charge in [0.1, 0.15) is 0 Å². The van der Waals surface area contributed by atoms with E-state index in [9.17, 15) is 18.5 Å². The lowest BCUT2D eigenvalue weighted by molar-refractivity contribution is -0.384. The van der Waals surface area contributed by atoms with E-state index in [4.69, 9.17) is 0 Å². The summed E-state index contributed by atoms with van der Waals surface area (Å²) in [5, 5.41) is 12.7. The normalized spacial score (nSPS) is 12.8. The molecule has 1 atom stereocenters. The van der Waals surface area contributed by atoms with E-state index >= 15 is 0 Å². The molecule has 0 radical (unpaired) electrons. The van der Waals surface area contributed by atoms with Crippen molar-refractivity contribution in [1.29, 1.82) is 0 Å². The van der Waals surface area contributed by atoms with E-state index < -0.39 is 21.0 Å². The lowest BCUT2D eigenvalue weighted by Crippen LogP contribution is -2.27. The maximum absolute atomic E-state index is 12.6. The number of fused-ring (bicyclic) bond motifs is 1. The van der Waals surface area contributed by atoms with Crippen molar-refractivity contribution < 1.29 is 13.3 Å². The summed E-state index contributed by atoms with van der Waals surface area (Å²) in [5.74, 6) is 0. The largest absolute Gasteiger partial charge is 0.269 e. The molecule has 0 aliphatic rings. The van der Waals surface area contributed by atoms with Crippen LogP contribution in [0.5, 0.6) is 0 Å². The lowest BCUT2D eigenvalue weighted by Gasteiger charge is -2.17. The Morgan fingerprint density at radius 3 is 2.28 bits per heavy atom. The van der Waals surface area contributed by atoms with Crippen LogP contribution in [0.1, 0.15) is 18.5 Å². The number of non-ortho nitro benzene ring substituents is 1. The van der Waals surface area contributed by atoms with E-state index in [-0.39, 0.29) is 10.6 Å². The Balaban J connectivity index is 1.90. The first-order valence-electron chi connectivity index (χ1n) is 7.63. The minimum Gasteiger partial charge on any atom is -0.258 e. The zero-order valence-electron chi connectivity index (χ0n) is 13.4. The summed E-state index contributed by atoms with van der Waals surface area (Å²) >= 11 is 0. The van der Waals surface area contributed by atoms with Gasteiger partial charge in [-0.3, -0.25) is 10.1 Å². The summed E-state index contributed by atoms with van der Waals surface area (Å²) in [6.45, 7) is 1.77. The molecule has 6 nitrogen and oxygen atoms in total. The fourth-order valence-electron chi connectivity index (χ4n) is 2.74. The van der Waals surface area contributed by atoms with Crippen molar-refractivity contribution in [2.24, 2.45) is 0 Å². The Morgan fingerprint density at radius 2 is 1.60 bits per heavy atom. The maximum atomic E-state index is 12.6. The van der Waals surface area contributed by atoms with Crippen LogP contribution in [0.2, 0.25) is 0 Å². The fourth-order valence-corrected chi connectivity index (χ4v) is 3.96. The minimum atomic E-state index is -3.79. The van der Waals surface area contributed by atoms with Gasteiger partial charge in [-0.15, -0.1) is 0 Å². The highest BCUT2D eigenvalue weighted by molar-refractivity contribution is 7.89. The van der Waals surface area contributed by atoms with Crippen molar-refractivity contribution >= 4 is 26.5 Å². The first kappa shape index (κ1) is 17.1. The molecule has 3 aromatic carbocycles. The molecule has 0 heterocycles. The van der Waals surface area contributed by atoms with Gasteiger partial charge in [0.15, 0.2) is 0 Å². The number of nitrogens with one attached hydrogen (secondary N) is 1. The molecule has 0 saturated heterocycles. The predicted molar refractivity (Wildman–Crippen MR) is 95.8 cm³/mol. The first-order chi connectivity index (χ1) is 11.9. The Hall–Kier alpha value is -2.77. The second-order valence-electron chi connectivity index (χ2n) is 5.66. The van der Waals surface area contributed by atoms with Gasteiger partial charge in [-0.1, -0.05) is 42.5 Å². The molecule has 0 saturated carbocycles. The third-order valence-electron chi connectivity index (χ3n) is 3.98. The van der Waals surface area contributed by atoms with Crippen LogP contribution in [0.4, 0.5) is 5.69 Å². The molecule has 0 fully saturated rings. The van der Waals surface area contributed by atoms with Crippen LogP contribution in [0, 0.1) is 10.1 Å². The van der Waals surface area contributed by atoms with Crippen molar-refractivity contribution in [1.82, 2.24) is 4.72 Å². The number of benzene rings is 3. The number of nitrogens with zero attached hydrogens (tertiary/aromatic N) is 1.